The minimum atomic E-state index is -4.03. The fraction of sp³-hybridized carbons (Fsp3) is 0.0909. The molecule has 0 saturated carbocycles. The predicted octanol–water partition coefficient (Wildman–Crippen LogP) is -0.331. The minimum Gasteiger partial charge on any atom is -0.223 e. The van der Waals surface area contributed by atoms with Gasteiger partial charge < -0.3 is 0 Å². The minimum absolute atomic E-state index is 0.289. The third kappa shape index (κ3) is 3.01. The average Bonchev–Trinajstić information content (AvgIpc) is 3.00. The highest BCUT2D eigenvalue weighted by Gasteiger charge is 2.29. The van der Waals surface area contributed by atoms with Crippen molar-refractivity contribution in [1.29, 1.82) is 0 Å². The smallest absolute Gasteiger partial charge is 0.223 e. The van der Waals surface area contributed by atoms with Crippen LogP contribution in [0.25, 0.3) is 11.1 Å². The Kier molecular flexibility index (Phi) is 4.18. The van der Waals surface area contributed by atoms with E-state index in [9.17, 15) is 8.42 Å². The molecule has 2 heterocycles. The van der Waals surface area contributed by atoms with Gasteiger partial charge in [-0.15, -0.1) is 5.10 Å². The largest absolute Gasteiger partial charge is 0.257 e. The van der Waals surface area contributed by atoms with Gasteiger partial charge in [0.2, 0.25) is 0 Å². The number of hydrazine groups is 3. The van der Waals surface area contributed by atoms with Gasteiger partial charge in [-0.25, -0.2) is 24.4 Å². The van der Waals surface area contributed by atoms with Crippen molar-refractivity contribution in [1.82, 2.24) is 32.1 Å². The van der Waals surface area contributed by atoms with E-state index in [1.54, 1.807) is 0 Å². The van der Waals surface area contributed by atoms with Gasteiger partial charge in [0.25, 0.3) is 10.0 Å². The predicted molar refractivity (Wildman–Crippen MR) is 81.8 cm³/mol. The Morgan fingerprint density at radius 2 is 1.77 bits per heavy atom. The van der Waals surface area contributed by atoms with Crippen LogP contribution in [0.5, 0.6) is 0 Å². The van der Waals surface area contributed by atoms with Crippen LogP contribution in [-0.2, 0) is 10.0 Å². The molecule has 0 radical (unpaired) electrons. The van der Waals surface area contributed by atoms with E-state index in [1.807, 2.05) is 24.3 Å². The van der Waals surface area contributed by atoms with Gasteiger partial charge in [0.05, 0.1) is 6.20 Å². The normalized spacial score (nSPS) is 16.1. The van der Waals surface area contributed by atoms with Crippen LogP contribution in [-0.4, -0.2) is 18.6 Å². The fourth-order valence-electron chi connectivity index (χ4n) is 2.12. The number of halogens is 1. The molecule has 0 bridgehead atoms. The number of sulfonamides is 1. The van der Waals surface area contributed by atoms with Crippen molar-refractivity contribution in [3.05, 3.63) is 40.5 Å². The molecule has 11 heteroatoms. The van der Waals surface area contributed by atoms with E-state index in [4.69, 9.17) is 5.14 Å². The highest BCUT2D eigenvalue weighted by atomic mass is 79.9. The van der Waals surface area contributed by atoms with E-state index >= 15 is 0 Å². The Labute approximate surface area is 134 Å². The summed E-state index contributed by atoms with van der Waals surface area (Å²) in [5, 5.41) is 12.4. The molecule has 0 amide bonds. The van der Waals surface area contributed by atoms with Crippen molar-refractivity contribution < 1.29 is 8.42 Å². The first-order chi connectivity index (χ1) is 10.5. The lowest BCUT2D eigenvalue weighted by Gasteiger charge is -2.17. The number of rotatable bonds is 3. The second-order valence-corrected chi connectivity index (χ2v) is 6.89. The van der Waals surface area contributed by atoms with Crippen LogP contribution in [0.15, 0.2) is 40.0 Å². The third-order valence-electron chi connectivity index (χ3n) is 3.06. The van der Waals surface area contributed by atoms with Crippen molar-refractivity contribution >= 4 is 26.0 Å². The molecule has 1 aliphatic heterocycles. The molecule has 0 aliphatic carbocycles. The van der Waals surface area contributed by atoms with Crippen molar-refractivity contribution in [2.24, 2.45) is 5.14 Å². The Balaban J connectivity index is 2.23. The Hall–Kier alpha value is -1.47. The van der Waals surface area contributed by atoms with Gasteiger partial charge in [0, 0.05) is 15.6 Å². The molecular formula is C11H12BrN7O2S. The molecule has 1 aromatic heterocycles. The van der Waals surface area contributed by atoms with E-state index in [0.717, 1.165) is 10.0 Å². The number of aromatic nitrogens is 2. The Morgan fingerprint density at radius 1 is 1.14 bits per heavy atom. The van der Waals surface area contributed by atoms with Gasteiger partial charge in [-0.05, 0) is 17.7 Å². The number of hydrogen-bond donors (Lipinski definition) is 5. The lowest BCUT2D eigenvalue weighted by atomic mass is 10.0. The van der Waals surface area contributed by atoms with Crippen molar-refractivity contribution in [3.63, 3.8) is 0 Å². The summed E-state index contributed by atoms with van der Waals surface area (Å²) in [6, 6.07) is 7.38. The maximum Gasteiger partial charge on any atom is 0.257 e. The molecule has 0 spiro atoms. The van der Waals surface area contributed by atoms with Crippen LogP contribution in [0.1, 0.15) is 11.7 Å². The summed E-state index contributed by atoms with van der Waals surface area (Å²) in [5.41, 5.74) is 12.7. The first-order valence-corrected chi connectivity index (χ1v) is 8.46. The molecular weight excluding hydrogens is 374 g/mol. The van der Waals surface area contributed by atoms with E-state index in [0.29, 0.717) is 11.1 Å². The molecule has 0 unspecified atom stereocenters. The standard InChI is InChI=1S/C11H12BrN7O2S/c12-7-3-1-6(2-4-7)8-5-14-17-11(22(13,20)21)9(8)10-15-18-19-16-10/h1-5,10,15-16,18-19H,(H2,13,20,21). The first-order valence-electron chi connectivity index (χ1n) is 6.12. The summed E-state index contributed by atoms with van der Waals surface area (Å²) in [6.45, 7) is 0. The molecule has 6 N–H and O–H groups in total. The molecule has 116 valence electrons. The lowest BCUT2D eigenvalue weighted by molar-refractivity contribution is 0.530. The van der Waals surface area contributed by atoms with Crippen LogP contribution in [0.3, 0.4) is 0 Å². The zero-order chi connectivity index (χ0) is 15.7. The Morgan fingerprint density at radius 3 is 2.36 bits per heavy atom. The molecule has 1 fully saturated rings. The van der Waals surface area contributed by atoms with Crippen molar-refractivity contribution in [3.8, 4) is 11.1 Å². The van der Waals surface area contributed by atoms with Gasteiger partial charge in [0.15, 0.2) is 5.03 Å². The van der Waals surface area contributed by atoms with Gasteiger partial charge in [0.1, 0.15) is 6.17 Å². The monoisotopic (exact) mass is 385 g/mol. The van der Waals surface area contributed by atoms with Crippen LogP contribution in [0, 0.1) is 0 Å². The summed E-state index contributed by atoms with van der Waals surface area (Å²) >= 11 is 3.36. The number of nitrogens with one attached hydrogen (secondary N) is 4. The van der Waals surface area contributed by atoms with E-state index < -0.39 is 16.2 Å². The second-order valence-electron chi connectivity index (χ2n) is 4.50. The van der Waals surface area contributed by atoms with E-state index in [-0.39, 0.29) is 5.03 Å². The van der Waals surface area contributed by atoms with Crippen molar-refractivity contribution in [2.75, 3.05) is 0 Å². The number of nitrogens with two attached hydrogens (primary N) is 1. The maximum absolute atomic E-state index is 11.8. The van der Waals surface area contributed by atoms with Crippen LogP contribution in [0.2, 0.25) is 0 Å². The summed E-state index contributed by atoms with van der Waals surface area (Å²) in [7, 11) is -4.03. The summed E-state index contributed by atoms with van der Waals surface area (Å²) in [5.74, 6) is 0. The quantitative estimate of drug-likeness (QED) is 0.484. The van der Waals surface area contributed by atoms with Crippen LogP contribution >= 0.6 is 15.9 Å². The number of primary sulfonamides is 1. The summed E-state index contributed by atoms with van der Waals surface area (Å²) < 4.78 is 24.5. The SMILES string of the molecule is NS(=O)(=O)c1nncc(-c2ccc(Br)cc2)c1C1NNNN1. The van der Waals surface area contributed by atoms with E-state index in [1.165, 1.54) is 6.20 Å². The van der Waals surface area contributed by atoms with Gasteiger partial charge >= 0.3 is 0 Å². The molecule has 22 heavy (non-hydrogen) atoms. The summed E-state index contributed by atoms with van der Waals surface area (Å²) in [6.07, 6.45) is 0.942. The molecule has 1 aliphatic rings. The van der Waals surface area contributed by atoms with Crippen molar-refractivity contribution in [2.45, 2.75) is 11.2 Å². The average molecular weight is 386 g/mol. The van der Waals surface area contributed by atoms with Gasteiger partial charge in [-0.1, -0.05) is 28.1 Å². The maximum atomic E-state index is 11.8. The molecule has 1 saturated heterocycles. The zero-order valence-corrected chi connectivity index (χ0v) is 13.4. The number of nitrogens with zero attached hydrogens (tertiary/aromatic N) is 2. The second kappa shape index (κ2) is 5.96. The van der Waals surface area contributed by atoms with Crippen LogP contribution in [0.4, 0.5) is 0 Å². The van der Waals surface area contributed by atoms with E-state index in [2.05, 4.69) is 48.0 Å². The Bertz CT molecular complexity index is 791. The third-order valence-corrected chi connectivity index (χ3v) is 4.43. The van der Waals surface area contributed by atoms with Gasteiger partial charge in [-0.3, -0.25) is 0 Å². The number of benzene rings is 1. The topological polar surface area (TPSA) is 134 Å². The molecule has 9 nitrogen and oxygen atoms in total. The van der Waals surface area contributed by atoms with Gasteiger partial charge in [-0.2, -0.15) is 16.2 Å². The zero-order valence-electron chi connectivity index (χ0n) is 11.0. The highest BCUT2D eigenvalue weighted by Crippen LogP contribution is 2.31. The van der Waals surface area contributed by atoms with Crippen LogP contribution < -0.4 is 27.1 Å². The first kappa shape index (κ1) is 15.4. The molecule has 0 atom stereocenters. The fourth-order valence-corrected chi connectivity index (χ4v) is 3.08. The lowest BCUT2D eigenvalue weighted by Crippen LogP contribution is -2.33. The molecule has 2 aromatic rings. The summed E-state index contributed by atoms with van der Waals surface area (Å²) in [4.78, 5) is 0. The molecule has 3 rings (SSSR count). The number of hydrogen-bond acceptors (Lipinski definition) is 8. The highest BCUT2D eigenvalue weighted by molar-refractivity contribution is 9.10. The molecule has 1 aromatic carbocycles.